The Labute approximate surface area is 132 Å². The zero-order valence-corrected chi connectivity index (χ0v) is 13.6. The van der Waals surface area contributed by atoms with Crippen LogP contribution in [-0.4, -0.2) is 31.3 Å². The van der Waals surface area contributed by atoms with Gasteiger partial charge in [-0.15, -0.1) is 0 Å². The maximum Gasteiger partial charge on any atom is 0.220 e. The number of ketones is 1. The van der Waals surface area contributed by atoms with Crippen molar-refractivity contribution in [3.05, 3.63) is 35.4 Å². The molecule has 0 aliphatic carbocycles. The number of carbonyl (C=O) groups is 2. The molecule has 4 nitrogen and oxygen atoms in total. The highest BCUT2D eigenvalue weighted by atomic mass is 16.2. The first-order valence-electron chi connectivity index (χ1n) is 8.06. The average Bonchev–Trinajstić information content (AvgIpc) is 2.52. The second kappa shape index (κ2) is 7.54. The molecule has 22 heavy (non-hydrogen) atoms. The predicted molar refractivity (Wildman–Crippen MR) is 88.0 cm³/mol. The number of aryl methyl sites for hydroxylation is 1. The van der Waals surface area contributed by atoms with Gasteiger partial charge in [0.1, 0.15) is 0 Å². The summed E-state index contributed by atoms with van der Waals surface area (Å²) in [5, 5.41) is 6.32. The van der Waals surface area contributed by atoms with Gasteiger partial charge in [-0.05, 0) is 38.3 Å². The van der Waals surface area contributed by atoms with Gasteiger partial charge in [-0.1, -0.05) is 36.8 Å². The maximum absolute atomic E-state index is 12.0. The number of Topliss-reactive ketones (excluding diaryl/α,β-unsaturated/α-hetero) is 1. The quantitative estimate of drug-likeness (QED) is 0.794. The highest BCUT2D eigenvalue weighted by Gasteiger charge is 2.26. The van der Waals surface area contributed by atoms with E-state index in [1.807, 2.05) is 31.2 Å². The normalized spacial score (nSPS) is 17.0. The van der Waals surface area contributed by atoms with E-state index in [0.717, 1.165) is 31.5 Å². The molecular weight excluding hydrogens is 276 g/mol. The Kier molecular flexibility index (Phi) is 5.72. The summed E-state index contributed by atoms with van der Waals surface area (Å²) < 4.78 is 0. The molecule has 0 aromatic heterocycles. The summed E-state index contributed by atoms with van der Waals surface area (Å²) in [5.74, 6) is 0.00319. The lowest BCUT2D eigenvalue weighted by Crippen LogP contribution is -2.42. The van der Waals surface area contributed by atoms with E-state index in [2.05, 4.69) is 17.6 Å². The number of amides is 1. The molecule has 0 bridgehead atoms. The standard InChI is InChI=1S/C18H26N2O2/c1-14-3-5-15(6-4-14)16(21)7-8-17(22)20-13-18(2)9-11-19-12-10-18/h3-6,19H,7-13H2,1-2H3,(H,20,22). The Bertz CT molecular complexity index is 516. The van der Waals surface area contributed by atoms with E-state index in [0.29, 0.717) is 12.1 Å². The van der Waals surface area contributed by atoms with Crippen LogP contribution in [0.2, 0.25) is 0 Å². The number of nitrogens with one attached hydrogen (secondary N) is 2. The molecule has 1 amide bonds. The zero-order chi connectivity index (χ0) is 16.0. The molecule has 1 heterocycles. The van der Waals surface area contributed by atoms with Crippen LogP contribution in [0.3, 0.4) is 0 Å². The maximum atomic E-state index is 12.0. The van der Waals surface area contributed by atoms with Gasteiger partial charge >= 0.3 is 0 Å². The van der Waals surface area contributed by atoms with Crippen LogP contribution in [0.4, 0.5) is 0 Å². The SMILES string of the molecule is Cc1ccc(C(=O)CCC(=O)NCC2(C)CCNCC2)cc1. The minimum atomic E-state index is -0.0276. The number of benzene rings is 1. The molecule has 1 aliphatic rings. The van der Waals surface area contributed by atoms with Crippen molar-refractivity contribution >= 4 is 11.7 Å². The van der Waals surface area contributed by atoms with Crippen LogP contribution in [-0.2, 0) is 4.79 Å². The van der Waals surface area contributed by atoms with Crippen LogP contribution in [0.25, 0.3) is 0 Å². The molecule has 120 valence electrons. The minimum absolute atomic E-state index is 0.0276. The molecular formula is C18H26N2O2. The summed E-state index contributed by atoms with van der Waals surface area (Å²) in [7, 11) is 0. The molecule has 1 aromatic rings. The van der Waals surface area contributed by atoms with E-state index in [1.165, 1.54) is 0 Å². The molecule has 0 atom stereocenters. The van der Waals surface area contributed by atoms with Crippen LogP contribution < -0.4 is 10.6 Å². The summed E-state index contributed by atoms with van der Waals surface area (Å²) >= 11 is 0. The van der Waals surface area contributed by atoms with Gasteiger partial charge < -0.3 is 10.6 Å². The fourth-order valence-corrected chi connectivity index (χ4v) is 2.72. The van der Waals surface area contributed by atoms with Crippen molar-refractivity contribution in [2.45, 2.75) is 39.5 Å². The number of hydrogen-bond acceptors (Lipinski definition) is 3. The third kappa shape index (κ3) is 4.95. The summed E-state index contributed by atoms with van der Waals surface area (Å²) in [6.07, 6.45) is 2.69. The first-order valence-corrected chi connectivity index (χ1v) is 8.06. The monoisotopic (exact) mass is 302 g/mol. The summed E-state index contributed by atoms with van der Waals surface area (Å²) in [4.78, 5) is 24.0. The lowest BCUT2D eigenvalue weighted by molar-refractivity contribution is -0.121. The minimum Gasteiger partial charge on any atom is -0.356 e. The molecule has 1 fully saturated rings. The van der Waals surface area contributed by atoms with Gasteiger partial charge in [-0.2, -0.15) is 0 Å². The third-order valence-corrected chi connectivity index (χ3v) is 4.48. The van der Waals surface area contributed by atoms with Gasteiger partial charge in [-0.3, -0.25) is 9.59 Å². The lowest BCUT2D eigenvalue weighted by atomic mass is 9.81. The molecule has 0 radical (unpaired) electrons. The lowest BCUT2D eigenvalue weighted by Gasteiger charge is -2.34. The van der Waals surface area contributed by atoms with Gasteiger partial charge in [0, 0.05) is 24.9 Å². The molecule has 0 saturated carbocycles. The van der Waals surface area contributed by atoms with Gasteiger partial charge in [0.15, 0.2) is 5.78 Å². The summed E-state index contributed by atoms with van der Waals surface area (Å²) in [6, 6.07) is 7.49. The van der Waals surface area contributed by atoms with E-state index < -0.39 is 0 Å². The molecule has 2 N–H and O–H groups in total. The van der Waals surface area contributed by atoms with Crippen molar-refractivity contribution in [2.75, 3.05) is 19.6 Å². The van der Waals surface area contributed by atoms with Crippen molar-refractivity contribution in [3.63, 3.8) is 0 Å². The van der Waals surface area contributed by atoms with Crippen LogP contribution in [0.5, 0.6) is 0 Å². The molecule has 1 aliphatic heterocycles. The van der Waals surface area contributed by atoms with Gasteiger partial charge in [0.05, 0.1) is 0 Å². The smallest absolute Gasteiger partial charge is 0.220 e. The van der Waals surface area contributed by atoms with Crippen molar-refractivity contribution in [1.29, 1.82) is 0 Å². The van der Waals surface area contributed by atoms with Gasteiger partial charge in [-0.25, -0.2) is 0 Å². The molecule has 2 rings (SSSR count). The Morgan fingerprint density at radius 3 is 2.41 bits per heavy atom. The second-order valence-electron chi connectivity index (χ2n) is 6.63. The molecule has 1 aromatic carbocycles. The third-order valence-electron chi connectivity index (χ3n) is 4.48. The van der Waals surface area contributed by atoms with Gasteiger partial charge in [0.25, 0.3) is 0 Å². The van der Waals surface area contributed by atoms with Crippen LogP contribution >= 0.6 is 0 Å². The van der Waals surface area contributed by atoms with Crippen molar-refractivity contribution < 1.29 is 9.59 Å². The fourth-order valence-electron chi connectivity index (χ4n) is 2.72. The van der Waals surface area contributed by atoms with Crippen molar-refractivity contribution in [1.82, 2.24) is 10.6 Å². The summed E-state index contributed by atoms with van der Waals surface area (Å²) in [6.45, 7) is 6.93. The highest BCUT2D eigenvalue weighted by molar-refractivity contribution is 5.97. The number of piperidine rings is 1. The van der Waals surface area contributed by atoms with Crippen LogP contribution in [0.15, 0.2) is 24.3 Å². The molecule has 0 spiro atoms. The van der Waals surface area contributed by atoms with Crippen molar-refractivity contribution in [3.8, 4) is 0 Å². The van der Waals surface area contributed by atoms with E-state index >= 15 is 0 Å². The summed E-state index contributed by atoms with van der Waals surface area (Å²) in [5.41, 5.74) is 2.00. The van der Waals surface area contributed by atoms with Crippen LogP contribution in [0, 0.1) is 12.3 Å². The fraction of sp³-hybridized carbons (Fsp3) is 0.556. The largest absolute Gasteiger partial charge is 0.356 e. The number of rotatable bonds is 6. The average molecular weight is 302 g/mol. The number of hydrogen-bond donors (Lipinski definition) is 2. The van der Waals surface area contributed by atoms with E-state index in [9.17, 15) is 9.59 Å². The van der Waals surface area contributed by atoms with E-state index in [4.69, 9.17) is 0 Å². The second-order valence-corrected chi connectivity index (χ2v) is 6.63. The zero-order valence-electron chi connectivity index (χ0n) is 13.6. The van der Waals surface area contributed by atoms with Crippen LogP contribution in [0.1, 0.15) is 48.5 Å². The van der Waals surface area contributed by atoms with Gasteiger partial charge in [0.2, 0.25) is 5.91 Å². The van der Waals surface area contributed by atoms with E-state index in [1.54, 1.807) is 0 Å². The van der Waals surface area contributed by atoms with Crippen molar-refractivity contribution in [2.24, 2.45) is 5.41 Å². The number of carbonyl (C=O) groups excluding carboxylic acids is 2. The Morgan fingerprint density at radius 1 is 1.14 bits per heavy atom. The Hall–Kier alpha value is -1.68. The first-order chi connectivity index (χ1) is 10.5. The molecule has 0 unspecified atom stereocenters. The first kappa shape index (κ1) is 16.7. The Morgan fingerprint density at radius 2 is 1.77 bits per heavy atom. The topological polar surface area (TPSA) is 58.2 Å². The highest BCUT2D eigenvalue weighted by Crippen LogP contribution is 2.26. The Balaban J connectivity index is 1.73. The molecule has 4 heteroatoms. The predicted octanol–water partition coefficient (Wildman–Crippen LogP) is 2.46. The molecule has 1 saturated heterocycles. The van der Waals surface area contributed by atoms with E-state index in [-0.39, 0.29) is 29.9 Å².